The van der Waals surface area contributed by atoms with Crippen molar-refractivity contribution in [1.82, 2.24) is 4.98 Å². The van der Waals surface area contributed by atoms with Crippen molar-refractivity contribution in [2.24, 2.45) is 0 Å². The second-order valence-corrected chi connectivity index (χ2v) is 4.70. The molecule has 1 aromatic heterocycles. The smallest absolute Gasteiger partial charge is 0.133 e. The van der Waals surface area contributed by atoms with Crippen molar-refractivity contribution in [3.05, 3.63) is 52.8 Å². The number of nitrogens with one attached hydrogen (secondary N) is 1. The molecule has 0 amide bonds. The summed E-state index contributed by atoms with van der Waals surface area (Å²) >= 11 is 3.47. The van der Waals surface area contributed by atoms with Gasteiger partial charge >= 0.3 is 0 Å². The van der Waals surface area contributed by atoms with Crippen molar-refractivity contribution in [3.63, 3.8) is 0 Å². The monoisotopic (exact) mass is 306 g/mol. The molecule has 1 heterocycles. The average Bonchev–Trinajstić information content (AvgIpc) is 2.40. The molecule has 0 aliphatic carbocycles. The van der Waals surface area contributed by atoms with Gasteiger partial charge < -0.3 is 10.1 Å². The number of benzene rings is 1. The molecule has 0 aliphatic rings. The lowest BCUT2D eigenvalue weighted by Gasteiger charge is -2.08. The average molecular weight is 307 g/mol. The van der Waals surface area contributed by atoms with Gasteiger partial charge in [0.1, 0.15) is 5.75 Å². The van der Waals surface area contributed by atoms with Gasteiger partial charge in [-0.25, -0.2) is 0 Å². The zero-order valence-corrected chi connectivity index (χ0v) is 11.8. The minimum absolute atomic E-state index is 0.838. The van der Waals surface area contributed by atoms with Crippen molar-refractivity contribution in [2.45, 2.75) is 6.42 Å². The van der Waals surface area contributed by atoms with E-state index in [1.54, 1.807) is 7.11 Å². The third-order valence-electron chi connectivity index (χ3n) is 2.59. The highest BCUT2D eigenvalue weighted by atomic mass is 79.9. The van der Waals surface area contributed by atoms with Gasteiger partial charge in [-0.05, 0) is 46.3 Å². The Kier molecular flexibility index (Phi) is 4.59. The van der Waals surface area contributed by atoms with Crippen LogP contribution in [0.1, 0.15) is 5.69 Å². The van der Waals surface area contributed by atoms with E-state index in [9.17, 15) is 0 Å². The predicted octanol–water partition coefficient (Wildman–Crippen LogP) is 3.51. The zero-order chi connectivity index (χ0) is 12.8. The second-order valence-electron chi connectivity index (χ2n) is 3.85. The quantitative estimate of drug-likeness (QED) is 0.918. The Labute approximate surface area is 115 Å². The summed E-state index contributed by atoms with van der Waals surface area (Å²) in [7, 11) is 1.66. The first-order valence-electron chi connectivity index (χ1n) is 5.77. The molecule has 1 N–H and O–H groups in total. The molecule has 0 spiro atoms. The van der Waals surface area contributed by atoms with E-state index < -0.39 is 0 Å². The van der Waals surface area contributed by atoms with Gasteiger partial charge in [-0.1, -0.05) is 6.07 Å². The standard InChI is InChI=1S/C14H15BrN2O/c1-18-14-6-5-12(10-13(14)15)17-9-7-11-4-2-3-8-16-11/h2-6,8,10,17H,7,9H2,1H3. The molecule has 0 unspecified atom stereocenters. The third-order valence-corrected chi connectivity index (χ3v) is 3.21. The summed E-state index contributed by atoms with van der Waals surface area (Å²) in [6.07, 6.45) is 2.73. The van der Waals surface area contributed by atoms with Gasteiger partial charge in [0.15, 0.2) is 0 Å². The van der Waals surface area contributed by atoms with E-state index in [1.165, 1.54) is 0 Å². The number of aromatic nitrogens is 1. The predicted molar refractivity (Wildman–Crippen MR) is 77.1 cm³/mol. The van der Waals surface area contributed by atoms with Crippen molar-refractivity contribution in [2.75, 3.05) is 19.0 Å². The van der Waals surface area contributed by atoms with E-state index >= 15 is 0 Å². The van der Waals surface area contributed by atoms with Crippen molar-refractivity contribution in [3.8, 4) is 5.75 Å². The van der Waals surface area contributed by atoms with E-state index in [2.05, 4.69) is 26.2 Å². The normalized spacial score (nSPS) is 10.1. The number of nitrogens with zero attached hydrogens (tertiary/aromatic N) is 1. The molecule has 18 heavy (non-hydrogen) atoms. The van der Waals surface area contributed by atoms with Crippen LogP contribution in [0, 0.1) is 0 Å². The van der Waals surface area contributed by atoms with Crippen molar-refractivity contribution < 1.29 is 4.74 Å². The van der Waals surface area contributed by atoms with Crippen LogP contribution in [0.25, 0.3) is 0 Å². The topological polar surface area (TPSA) is 34.1 Å². The largest absolute Gasteiger partial charge is 0.496 e. The molecule has 0 saturated carbocycles. The minimum atomic E-state index is 0.838. The highest BCUT2D eigenvalue weighted by molar-refractivity contribution is 9.10. The first-order chi connectivity index (χ1) is 8.79. The van der Waals surface area contributed by atoms with Gasteiger partial charge in [0.2, 0.25) is 0 Å². The molecule has 0 fully saturated rings. The lowest BCUT2D eigenvalue weighted by Crippen LogP contribution is -2.05. The highest BCUT2D eigenvalue weighted by Crippen LogP contribution is 2.27. The number of hydrogen-bond acceptors (Lipinski definition) is 3. The number of ether oxygens (including phenoxy) is 1. The fourth-order valence-corrected chi connectivity index (χ4v) is 2.20. The lowest BCUT2D eigenvalue weighted by atomic mass is 10.2. The molecule has 0 saturated heterocycles. The molecule has 0 aliphatic heterocycles. The van der Waals surface area contributed by atoms with Gasteiger partial charge in [0.05, 0.1) is 11.6 Å². The summed E-state index contributed by atoms with van der Waals surface area (Å²) in [5.74, 6) is 0.838. The van der Waals surface area contributed by atoms with Gasteiger partial charge in [-0.2, -0.15) is 0 Å². The third kappa shape index (κ3) is 3.47. The first-order valence-corrected chi connectivity index (χ1v) is 6.56. The van der Waals surface area contributed by atoms with Gasteiger partial charge in [-0.15, -0.1) is 0 Å². The van der Waals surface area contributed by atoms with E-state index in [0.717, 1.165) is 34.6 Å². The molecular formula is C14H15BrN2O. The minimum Gasteiger partial charge on any atom is -0.496 e. The summed E-state index contributed by atoms with van der Waals surface area (Å²) < 4.78 is 6.14. The summed E-state index contributed by atoms with van der Waals surface area (Å²) in [4.78, 5) is 4.29. The number of anilines is 1. The Bertz CT molecular complexity index is 502. The van der Waals surface area contributed by atoms with E-state index in [4.69, 9.17) is 4.74 Å². The van der Waals surface area contributed by atoms with E-state index in [0.29, 0.717) is 0 Å². The maximum Gasteiger partial charge on any atom is 0.133 e. The highest BCUT2D eigenvalue weighted by Gasteiger charge is 2.01. The number of hydrogen-bond donors (Lipinski definition) is 1. The number of pyridine rings is 1. The Morgan fingerprint density at radius 3 is 2.83 bits per heavy atom. The SMILES string of the molecule is COc1ccc(NCCc2ccccn2)cc1Br. The van der Waals surface area contributed by atoms with Crippen LogP contribution in [0.2, 0.25) is 0 Å². The second kappa shape index (κ2) is 6.40. The maximum atomic E-state index is 5.19. The Hall–Kier alpha value is -1.55. The summed E-state index contributed by atoms with van der Waals surface area (Å²) in [5, 5.41) is 3.36. The first kappa shape index (κ1) is 12.9. The molecule has 3 nitrogen and oxygen atoms in total. The molecule has 94 valence electrons. The van der Waals surface area contributed by atoms with Gasteiger partial charge in [0.25, 0.3) is 0 Å². The molecule has 0 atom stereocenters. The fraction of sp³-hybridized carbons (Fsp3) is 0.214. The number of methoxy groups -OCH3 is 1. The Balaban J connectivity index is 1.89. The van der Waals surface area contributed by atoms with E-state index in [1.807, 2.05) is 42.6 Å². The molecule has 2 aromatic rings. The van der Waals surface area contributed by atoms with Crippen molar-refractivity contribution in [1.29, 1.82) is 0 Å². The Morgan fingerprint density at radius 2 is 2.17 bits per heavy atom. The van der Waals surface area contributed by atoms with Crippen LogP contribution in [0.4, 0.5) is 5.69 Å². The summed E-state index contributed by atoms with van der Waals surface area (Å²) in [6.45, 7) is 0.857. The molecule has 0 bridgehead atoms. The summed E-state index contributed by atoms with van der Waals surface area (Å²) in [5.41, 5.74) is 2.16. The Morgan fingerprint density at radius 1 is 1.28 bits per heavy atom. The molecule has 1 aromatic carbocycles. The van der Waals surface area contributed by atoms with Crippen LogP contribution in [0.15, 0.2) is 47.1 Å². The number of halogens is 1. The fourth-order valence-electron chi connectivity index (χ4n) is 1.66. The van der Waals surface area contributed by atoms with Crippen LogP contribution >= 0.6 is 15.9 Å². The summed E-state index contributed by atoms with van der Waals surface area (Å²) in [6, 6.07) is 11.9. The van der Waals surface area contributed by atoms with Gasteiger partial charge in [-0.3, -0.25) is 4.98 Å². The van der Waals surface area contributed by atoms with Crippen LogP contribution < -0.4 is 10.1 Å². The van der Waals surface area contributed by atoms with E-state index in [-0.39, 0.29) is 0 Å². The van der Waals surface area contributed by atoms with Crippen LogP contribution in [0.5, 0.6) is 5.75 Å². The number of rotatable bonds is 5. The van der Waals surface area contributed by atoms with Crippen LogP contribution in [-0.2, 0) is 6.42 Å². The molecule has 4 heteroatoms. The molecule has 0 radical (unpaired) electrons. The maximum absolute atomic E-state index is 5.19. The van der Waals surface area contributed by atoms with Crippen molar-refractivity contribution >= 4 is 21.6 Å². The molecular weight excluding hydrogens is 292 g/mol. The zero-order valence-electron chi connectivity index (χ0n) is 10.2. The molecule has 2 rings (SSSR count). The van der Waals surface area contributed by atoms with Crippen LogP contribution in [0.3, 0.4) is 0 Å². The van der Waals surface area contributed by atoms with Crippen LogP contribution in [-0.4, -0.2) is 18.6 Å². The van der Waals surface area contributed by atoms with Gasteiger partial charge in [0, 0.05) is 30.5 Å². The lowest BCUT2D eigenvalue weighted by molar-refractivity contribution is 0.412.